The predicted octanol–water partition coefficient (Wildman–Crippen LogP) is 4.43. The standard InChI is InChI=1S/C29H41N3O6/c1-7-8-17-30-26(35)25(22-11-9-10-12-24(22)34)32(19(2)3)27(36)23(31-28(37)38-29(4,5)6)18-20-13-15-21(33)16-14-20/h9-16,19,23,25,33-34H,7-8,17-18H2,1-6H3,(H,30,35)(H,31,37). The molecule has 0 aliphatic rings. The van der Waals surface area contributed by atoms with Crippen LogP contribution in [0.5, 0.6) is 11.5 Å². The molecule has 2 aromatic carbocycles. The van der Waals surface area contributed by atoms with Crippen molar-refractivity contribution in [3.8, 4) is 11.5 Å². The van der Waals surface area contributed by atoms with E-state index in [0.29, 0.717) is 12.1 Å². The number of aromatic hydroxyl groups is 2. The lowest BCUT2D eigenvalue weighted by Gasteiger charge is -2.37. The number of hydrogen-bond donors (Lipinski definition) is 4. The summed E-state index contributed by atoms with van der Waals surface area (Å²) in [5, 5.41) is 25.9. The highest BCUT2D eigenvalue weighted by atomic mass is 16.6. The highest BCUT2D eigenvalue weighted by molar-refractivity contribution is 5.93. The van der Waals surface area contributed by atoms with E-state index in [2.05, 4.69) is 10.6 Å². The van der Waals surface area contributed by atoms with Crippen LogP contribution in [0.4, 0.5) is 4.79 Å². The van der Waals surface area contributed by atoms with Gasteiger partial charge in [-0.3, -0.25) is 9.59 Å². The van der Waals surface area contributed by atoms with E-state index in [1.54, 1.807) is 65.0 Å². The smallest absolute Gasteiger partial charge is 0.408 e. The zero-order valence-corrected chi connectivity index (χ0v) is 23.2. The van der Waals surface area contributed by atoms with Crippen LogP contribution in [0.1, 0.15) is 71.6 Å². The first-order chi connectivity index (χ1) is 17.8. The van der Waals surface area contributed by atoms with Crippen LogP contribution in [0.3, 0.4) is 0 Å². The second-order valence-corrected chi connectivity index (χ2v) is 10.5. The summed E-state index contributed by atoms with van der Waals surface area (Å²) in [7, 11) is 0. The maximum Gasteiger partial charge on any atom is 0.408 e. The molecule has 0 heterocycles. The van der Waals surface area contributed by atoms with E-state index < -0.39 is 41.6 Å². The molecule has 0 aliphatic carbocycles. The number of hydrogen-bond acceptors (Lipinski definition) is 6. The van der Waals surface area contributed by atoms with E-state index in [-0.39, 0.29) is 23.5 Å². The maximum absolute atomic E-state index is 14.2. The van der Waals surface area contributed by atoms with Crippen LogP contribution in [0.2, 0.25) is 0 Å². The molecule has 0 saturated heterocycles. The molecule has 2 aromatic rings. The van der Waals surface area contributed by atoms with Crippen molar-refractivity contribution in [3.63, 3.8) is 0 Å². The summed E-state index contributed by atoms with van der Waals surface area (Å²) in [6, 6.07) is 10.0. The van der Waals surface area contributed by atoms with Gasteiger partial charge in [-0.2, -0.15) is 0 Å². The number of nitrogens with zero attached hydrogens (tertiary/aromatic N) is 1. The molecule has 4 N–H and O–H groups in total. The van der Waals surface area contributed by atoms with Crippen LogP contribution >= 0.6 is 0 Å². The molecule has 3 amide bonds. The van der Waals surface area contributed by atoms with Crippen molar-refractivity contribution in [1.29, 1.82) is 0 Å². The van der Waals surface area contributed by atoms with E-state index in [0.717, 1.165) is 12.8 Å². The summed E-state index contributed by atoms with van der Waals surface area (Å²) in [4.78, 5) is 41.8. The number of unbranched alkanes of at least 4 members (excludes halogenated alkanes) is 1. The van der Waals surface area contributed by atoms with Crippen LogP contribution in [-0.2, 0) is 20.7 Å². The van der Waals surface area contributed by atoms with E-state index >= 15 is 0 Å². The Labute approximate surface area is 225 Å². The van der Waals surface area contributed by atoms with Crippen molar-refractivity contribution < 1.29 is 29.3 Å². The number of rotatable bonds is 11. The second kappa shape index (κ2) is 13.7. The normalized spacial score (nSPS) is 12.9. The van der Waals surface area contributed by atoms with Gasteiger partial charge in [0.25, 0.3) is 0 Å². The number of amides is 3. The van der Waals surface area contributed by atoms with Crippen molar-refractivity contribution in [2.75, 3.05) is 6.54 Å². The third-order valence-corrected chi connectivity index (χ3v) is 5.76. The Morgan fingerprint density at radius 2 is 1.63 bits per heavy atom. The zero-order chi connectivity index (χ0) is 28.5. The van der Waals surface area contributed by atoms with Crippen molar-refractivity contribution >= 4 is 17.9 Å². The van der Waals surface area contributed by atoms with E-state index in [1.807, 2.05) is 6.92 Å². The summed E-state index contributed by atoms with van der Waals surface area (Å²) in [5.74, 6) is -0.985. The maximum atomic E-state index is 14.2. The Morgan fingerprint density at radius 3 is 2.18 bits per heavy atom. The lowest BCUT2D eigenvalue weighted by molar-refractivity contribution is -0.144. The van der Waals surface area contributed by atoms with Gasteiger partial charge in [0, 0.05) is 24.6 Å². The minimum Gasteiger partial charge on any atom is -0.508 e. The Balaban J connectivity index is 2.52. The van der Waals surface area contributed by atoms with Gasteiger partial charge < -0.3 is 30.5 Å². The fourth-order valence-electron chi connectivity index (χ4n) is 4.00. The highest BCUT2D eigenvalue weighted by Gasteiger charge is 2.38. The zero-order valence-electron chi connectivity index (χ0n) is 23.2. The summed E-state index contributed by atoms with van der Waals surface area (Å²) < 4.78 is 5.41. The molecule has 2 atom stereocenters. The molecular weight excluding hydrogens is 486 g/mol. The first kappa shape index (κ1) is 30.5. The Morgan fingerprint density at radius 1 is 1.00 bits per heavy atom. The van der Waals surface area contributed by atoms with Gasteiger partial charge in [0.2, 0.25) is 11.8 Å². The number of benzene rings is 2. The summed E-state index contributed by atoms with van der Waals surface area (Å²) in [6.07, 6.45) is 0.957. The van der Waals surface area contributed by atoms with E-state index in [9.17, 15) is 24.6 Å². The average molecular weight is 528 g/mol. The largest absolute Gasteiger partial charge is 0.508 e. The highest BCUT2D eigenvalue weighted by Crippen LogP contribution is 2.31. The van der Waals surface area contributed by atoms with Gasteiger partial charge in [-0.05, 0) is 64.8 Å². The fourth-order valence-corrected chi connectivity index (χ4v) is 4.00. The lowest BCUT2D eigenvalue weighted by atomic mass is 9.98. The van der Waals surface area contributed by atoms with Crippen LogP contribution in [0.25, 0.3) is 0 Å². The first-order valence-electron chi connectivity index (χ1n) is 13.0. The Hall–Kier alpha value is -3.75. The van der Waals surface area contributed by atoms with E-state index in [4.69, 9.17) is 4.74 Å². The minimum atomic E-state index is -1.14. The topological polar surface area (TPSA) is 128 Å². The molecule has 0 aliphatic heterocycles. The molecule has 0 fully saturated rings. The third kappa shape index (κ3) is 8.97. The molecule has 2 rings (SSSR count). The molecule has 9 nitrogen and oxygen atoms in total. The number of nitrogens with one attached hydrogen (secondary N) is 2. The van der Waals surface area contributed by atoms with Gasteiger partial charge in [-0.15, -0.1) is 0 Å². The monoisotopic (exact) mass is 527 g/mol. The second-order valence-electron chi connectivity index (χ2n) is 10.5. The number of alkyl carbamates (subject to hydrolysis) is 1. The third-order valence-electron chi connectivity index (χ3n) is 5.76. The van der Waals surface area contributed by atoms with Crippen LogP contribution < -0.4 is 10.6 Å². The molecule has 0 saturated carbocycles. The van der Waals surface area contributed by atoms with Crippen LogP contribution in [0, 0.1) is 0 Å². The van der Waals surface area contributed by atoms with Gasteiger partial charge in [0.15, 0.2) is 0 Å². The fraction of sp³-hybridized carbons (Fsp3) is 0.483. The van der Waals surface area contributed by atoms with Gasteiger partial charge in [0.1, 0.15) is 29.2 Å². The molecule has 0 spiro atoms. The number of carbonyl (C=O) groups is 3. The molecule has 2 unspecified atom stereocenters. The van der Waals surface area contributed by atoms with Crippen molar-refractivity contribution in [2.45, 2.75) is 84.5 Å². The Kier molecular flexibility index (Phi) is 11.0. The van der Waals surface area contributed by atoms with Crippen molar-refractivity contribution in [1.82, 2.24) is 15.5 Å². The number of para-hydroxylation sites is 1. The number of phenolic OH excluding ortho intramolecular Hbond substituents is 2. The van der Waals surface area contributed by atoms with Gasteiger partial charge in [-0.25, -0.2) is 4.79 Å². The number of ether oxygens (including phenoxy) is 1. The van der Waals surface area contributed by atoms with Gasteiger partial charge in [0.05, 0.1) is 0 Å². The average Bonchev–Trinajstić information content (AvgIpc) is 2.82. The lowest BCUT2D eigenvalue weighted by Crippen LogP contribution is -2.55. The van der Waals surface area contributed by atoms with Crippen molar-refractivity contribution in [2.24, 2.45) is 0 Å². The molecule has 208 valence electrons. The molecular formula is C29H41N3O6. The number of carbonyl (C=O) groups excluding carboxylic acids is 3. The number of phenols is 2. The van der Waals surface area contributed by atoms with Crippen molar-refractivity contribution in [3.05, 3.63) is 59.7 Å². The predicted molar refractivity (Wildman–Crippen MR) is 146 cm³/mol. The molecule has 0 aromatic heterocycles. The van der Waals surface area contributed by atoms with Crippen LogP contribution in [0.15, 0.2) is 48.5 Å². The molecule has 0 radical (unpaired) electrons. The first-order valence-corrected chi connectivity index (χ1v) is 13.0. The Bertz CT molecular complexity index is 1080. The van der Waals surface area contributed by atoms with Crippen LogP contribution in [-0.4, -0.2) is 57.3 Å². The SMILES string of the molecule is CCCCNC(=O)C(c1ccccc1O)N(C(=O)C(Cc1ccc(O)cc1)NC(=O)OC(C)(C)C)C(C)C. The molecule has 9 heteroatoms. The summed E-state index contributed by atoms with van der Waals surface area (Å²) in [6.45, 7) is 11.1. The van der Waals surface area contributed by atoms with E-state index in [1.165, 1.54) is 23.1 Å². The molecule has 0 bridgehead atoms. The summed E-state index contributed by atoms with van der Waals surface area (Å²) in [5.41, 5.74) is 0.183. The van der Waals surface area contributed by atoms with Gasteiger partial charge >= 0.3 is 6.09 Å². The summed E-state index contributed by atoms with van der Waals surface area (Å²) >= 11 is 0. The molecule has 38 heavy (non-hydrogen) atoms. The quantitative estimate of drug-likeness (QED) is 0.320. The minimum absolute atomic E-state index is 0.0731. The van der Waals surface area contributed by atoms with Gasteiger partial charge in [-0.1, -0.05) is 43.7 Å².